The fourth-order valence-corrected chi connectivity index (χ4v) is 6.93. The van der Waals surface area contributed by atoms with Crippen molar-refractivity contribution in [1.29, 1.82) is 0 Å². The highest BCUT2D eigenvalue weighted by atomic mass is 32.1. The Balaban J connectivity index is 1.22. The van der Waals surface area contributed by atoms with Gasteiger partial charge in [-0.1, -0.05) is 60.7 Å². The number of nitrogens with zero attached hydrogens (tertiary/aromatic N) is 3. The van der Waals surface area contributed by atoms with Crippen molar-refractivity contribution in [2.24, 2.45) is 0 Å². The third-order valence-electron chi connectivity index (χ3n) is 7.93. The summed E-state index contributed by atoms with van der Waals surface area (Å²) < 4.78 is 43.4. The van der Waals surface area contributed by atoms with E-state index in [-0.39, 0.29) is 17.5 Å². The lowest BCUT2D eigenvalue weighted by atomic mass is 9.97. The third-order valence-corrected chi connectivity index (χ3v) is 9.13. The number of aromatic nitrogens is 3. The van der Waals surface area contributed by atoms with E-state index in [0.29, 0.717) is 28.6 Å². The lowest BCUT2D eigenvalue weighted by molar-refractivity contribution is 0.627. The highest BCUT2D eigenvalue weighted by molar-refractivity contribution is 7.26. The summed E-state index contributed by atoms with van der Waals surface area (Å²) in [6.45, 7) is 0. The third kappa shape index (κ3) is 5.21. The minimum absolute atomic E-state index is 0.241. The number of halogens is 3. The average molecular weight is 622 g/mol. The van der Waals surface area contributed by atoms with Crippen LogP contribution in [-0.4, -0.2) is 15.0 Å². The molecule has 8 aromatic rings. The van der Waals surface area contributed by atoms with Crippen LogP contribution in [0.2, 0.25) is 0 Å². The Morgan fingerprint density at radius 3 is 1.52 bits per heavy atom. The minimum Gasteiger partial charge on any atom is -0.208 e. The van der Waals surface area contributed by atoms with Crippen LogP contribution in [0.15, 0.2) is 133 Å². The first kappa shape index (κ1) is 27.9. The fourth-order valence-electron chi connectivity index (χ4n) is 5.66. The van der Waals surface area contributed by atoms with E-state index in [0.717, 1.165) is 48.0 Å². The van der Waals surface area contributed by atoms with Gasteiger partial charge >= 0.3 is 0 Å². The fraction of sp³-hybridized carbons (Fsp3) is 0. The Morgan fingerprint density at radius 2 is 0.891 bits per heavy atom. The number of fused-ring (bicyclic) bond motifs is 3. The molecule has 220 valence electrons. The van der Waals surface area contributed by atoms with E-state index in [2.05, 4.69) is 35.3 Å². The van der Waals surface area contributed by atoms with Crippen LogP contribution in [0.1, 0.15) is 0 Å². The first-order valence-corrected chi connectivity index (χ1v) is 15.4. The lowest BCUT2D eigenvalue weighted by Gasteiger charge is -2.11. The number of hydrogen-bond acceptors (Lipinski definition) is 4. The van der Waals surface area contributed by atoms with E-state index in [1.165, 1.54) is 30.3 Å². The molecule has 0 unspecified atom stereocenters. The molecule has 2 aromatic heterocycles. The van der Waals surface area contributed by atoms with Crippen molar-refractivity contribution >= 4 is 31.5 Å². The maximum atomic E-state index is 14.0. The molecule has 7 heteroatoms. The molecule has 0 amide bonds. The summed E-state index contributed by atoms with van der Waals surface area (Å²) >= 11 is 1.60. The second kappa shape index (κ2) is 11.4. The molecular formula is C39H22F3N3S. The predicted octanol–water partition coefficient (Wildman–Crippen LogP) is 11.0. The normalized spacial score (nSPS) is 11.4. The molecule has 0 saturated heterocycles. The first-order chi connectivity index (χ1) is 22.5. The molecule has 0 fully saturated rings. The van der Waals surface area contributed by atoms with Gasteiger partial charge < -0.3 is 0 Å². The standard InChI is InChI=1S/C39H22F3N3S/c40-29-14-10-23(11-15-29)37-43-38(24-12-16-30(41)17-13-24)45-39(44-37)28-7-2-5-26(21-28)25-4-1-6-27(20-25)32-8-3-9-34-33-19-18-31(42)22-35(33)46-36(32)34/h1-22H. The van der Waals surface area contributed by atoms with E-state index >= 15 is 0 Å². The number of thiophene rings is 1. The molecule has 46 heavy (non-hydrogen) atoms. The van der Waals surface area contributed by atoms with Gasteiger partial charge in [0.1, 0.15) is 17.5 Å². The van der Waals surface area contributed by atoms with Crippen LogP contribution < -0.4 is 0 Å². The summed E-state index contributed by atoms with van der Waals surface area (Å²) in [7, 11) is 0. The molecule has 0 atom stereocenters. The van der Waals surface area contributed by atoms with Crippen LogP contribution in [0.3, 0.4) is 0 Å². The summed E-state index contributed by atoms with van der Waals surface area (Å²) in [6, 6.07) is 39.4. The first-order valence-electron chi connectivity index (χ1n) is 14.6. The predicted molar refractivity (Wildman–Crippen MR) is 180 cm³/mol. The monoisotopic (exact) mass is 621 g/mol. The molecule has 2 heterocycles. The quantitative estimate of drug-likeness (QED) is 0.192. The zero-order valence-corrected chi connectivity index (χ0v) is 24.9. The lowest BCUT2D eigenvalue weighted by Crippen LogP contribution is -2.00. The van der Waals surface area contributed by atoms with E-state index in [4.69, 9.17) is 9.97 Å². The number of hydrogen-bond donors (Lipinski definition) is 0. The van der Waals surface area contributed by atoms with Gasteiger partial charge in [0.25, 0.3) is 0 Å². The van der Waals surface area contributed by atoms with Gasteiger partial charge in [-0.3, -0.25) is 0 Å². The van der Waals surface area contributed by atoms with E-state index in [1.54, 1.807) is 41.7 Å². The topological polar surface area (TPSA) is 38.7 Å². The van der Waals surface area contributed by atoms with Crippen LogP contribution in [0, 0.1) is 17.5 Å². The summed E-state index contributed by atoms with van der Waals surface area (Å²) in [5.74, 6) is 0.249. The van der Waals surface area contributed by atoms with E-state index in [1.807, 2.05) is 42.5 Å². The van der Waals surface area contributed by atoms with Crippen LogP contribution in [0.4, 0.5) is 13.2 Å². The molecule has 0 aliphatic carbocycles. The smallest absolute Gasteiger partial charge is 0.164 e. The van der Waals surface area contributed by atoms with Gasteiger partial charge in [-0.25, -0.2) is 28.1 Å². The van der Waals surface area contributed by atoms with Crippen LogP contribution in [-0.2, 0) is 0 Å². The maximum absolute atomic E-state index is 14.0. The Morgan fingerprint density at radius 1 is 0.391 bits per heavy atom. The van der Waals surface area contributed by atoms with Gasteiger partial charge in [-0.05, 0) is 95.1 Å². The molecule has 0 bridgehead atoms. The van der Waals surface area contributed by atoms with Gasteiger partial charge in [0.2, 0.25) is 0 Å². The zero-order chi connectivity index (χ0) is 31.2. The SMILES string of the molecule is Fc1ccc(-c2nc(-c3ccc(F)cc3)nc(-c3cccc(-c4cccc(-c5cccc6c5sc5cc(F)ccc56)c4)c3)n2)cc1. The Labute approximate surface area is 266 Å². The Bertz CT molecular complexity index is 2340. The highest BCUT2D eigenvalue weighted by Crippen LogP contribution is 2.41. The second-order valence-corrected chi connectivity index (χ2v) is 12.0. The summed E-state index contributed by atoms with van der Waals surface area (Å²) in [6.07, 6.45) is 0. The van der Waals surface area contributed by atoms with Gasteiger partial charge in [-0.2, -0.15) is 0 Å². The van der Waals surface area contributed by atoms with E-state index < -0.39 is 0 Å². The highest BCUT2D eigenvalue weighted by Gasteiger charge is 2.15. The molecule has 0 aliphatic rings. The molecule has 0 radical (unpaired) electrons. The van der Waals surface area contributed by atoms with Gasteiger partial charge in [-0.15, -0.1) is 11.3 Å². The van der Waals surface area contributed by atoms with Crippen LogP contribution in [0.5, 0.6) is 0 Å². The van der Waals surface area contributed by atoms with Gasteiger partial charge in [0.05, 0.1) is 0 Å². The summed E-state index contributed by atoms with van der Waals surface area (Å²) in [4.78, 5) is 14.2. The van der Waals surface area contributed by atoms with Crippen molar-refractivity contribution in [3.63, 3.8) is 0 Å². The van der Waals surface area contributed by atoms with Crippen molar-refractivity contribution < 1.29 is 13.2 Å². The molecule has 0 spiro atoms. The van der Waals surface area contributed by atoms with Crippen molar-refractivity contribution in [3.8, 4) is 56.4 Å². The molecule has 6 aromatic carbocycles. The molecule has 0 aliphatic heterocycles. The molecule has 8 rings (SSSR count). The zero-order valence-electron chi connectivity index (χ0n) is 24.1. The van der Waals surface area contributed by atoms with Crippen molar-refractivity contribution in [3.05, 3.63) is 151 Å². The average Bonchev–Trinajstić information content (AvgIpc) is 3.46. The molecule has 0 saturated carbocycles. The Kier molecular flexibility index (Phi) is 6.88. The van der Waals surface area contributed by atoms with Crippen molar-refractivity contribution in [2.45, 2.75) is 0 Å². The van der Waals surface area contributed by atoms with Crippen LogP contribution in [0.25, 0.3) is 76.6 Å². The molecule has 0 N–H and O–H groups in total. The van der Waals surface area contributed by atoms with E-state index in [9.17, 15) is 13.2 Å². The maximum Gasteiger partial charge on any atom is 0.164 e. The molecule has 3 nitrogen and oxygen atoms in total. The van der Waals surface area contributed by atoms with Crippen molar-refractivity contribution in [2.75, 3.05) is 0 Å². The Hall–Kier alpha value is -5.66. The molecular weight excluding hydrogens is 600 g/mol. The minimum atomic E-state index is -0.357. The van der Waals surface area contributed by atoms with Gasteiger partial charge in [0, 0.05) is 36.9 Å². The van der Waals surface area contributed by atoms with Gasteiger partial charge in [0.15, 0.2) is 17.5 Å². The number of benzene rings is 6. The van der Waals surface area contributed by atoms with Crippen LogP contribution >= 0.6 is 11.3 Å². The summed E-state index contributed by atoms with van der Waals surface area (Å²) in [5, 5.41) is 2.15. The second-order valence-electron chi connectivity index (χ2n) is 10.9. The summed E-state index contributed by atoms with van der Waals surface area (Å²) in [5.41, 5.74) is 6.16. The number of rotatable bonds is 5. The van der Waals surface area contributed by atoms with Crippen molar-refractivity contribution in [1.82, 2.24) is 15.0 Å². The largest absolute Gasteiger partial charge is 0.208 e.